The Morgan fingerprint density at radius 2 is 2.33 bits per heavy atom. The minimum atomic E-state index is 0.227. The van der Waals surface area contributed by atoms with E-state index in [0.717, 1.165) is 11.5 Å². The minimum absolute atomic E-state index is 0.227. The Hall–Kier alpha value is -1.95. The molecule has 0 aromatic carbocycles. The SMILES string of the molecule is Cc1cc(NC(C)c2ccsc2)n2ncnc2n1. The van der Waals surface area contributed by atoms with Gasteiger partial charge in [-0.2, -0.15) is 25.9 Å². The number of rotatable bonds is 3. The fourth-order valence-corrected chi connectivity index (χ4v) is 2.61. The van der Waals surface area contributed by atoms with Gasteiger partial charge in [-0.25, -0.2) is 4.98 Å². The Bertz CT molecular complexity index is 658. The molecule has 6 heteroatoms. The minimum Gasteiger partial charge on any atom is -0.363 e. The first-order chi connectivity index (χ1) is 8.74. The van der Waals surface area contributed by atoms with Crippen LogP contribution in [0, 0.1) is 6.92 Å². The maximum absolute atomic E-state index is 4.32. The Kier molecular flexibility index (Phi) is 2.71. The maximum atomic E-state index is 4.32. The normalized spacial score (nSPS) is 12.8. The van der Waals surface area contributed by atoms with E-state index in [1.54, 1.807) is 15.9 Å². The predicted octanol–water partition coefficient (Wildman–Crippen LogP) is 2.67. The van der Waals surface area contributed by atoms with Crippen molar-refractivity contribution in [3.8, 4) is 0 Å². The van der Waals surface area contributed by atoms with Crippen LogP contribution in [0.3, 0.4) is 0 Å². The molecule has 0 bridgehead atoms. The average molecular weight is 259 g/mol. The molecular formula is C12H13N5S. The topological polar surface area (TPSA) is 55.1 Å². The van der Waals surface area contributed by atoms with Crippen molar-refractivity contribution in [2.45, 2.75) is 19.9 Å². The van der Waals surface area contributed by atoms with Gasteiger partial charge in [0.25, 0.3) is 5.78 Å². The van der Waals surface area contributed by atoms with E-state index in [1.165, 1.54) is 11.9 Å². The maximum Gasteiger partial charge on any atom is 0.254 e. The van der Waals surface area contributed by atoms with Crippen LogP contribution in [0.2, 0.25) is 0 Å². The van der Waals surface area contributed by atoms with Gasteiger partial charge in [-0.05, 0) is 36.2 Å². The quantitative estimate of drug-likeness (QED) is 0.785. The number of anilines is 1. The summed E-state index contributed by atoms with van der Waals surface area (Å²) in [6, 6.07) is 4.32. The van der Waals surface area contributed by atoms with Crippen LogP contribution in [0.15, 0.2) is 29.2 Å². The lowest BCUT2D eigenvalue weighted by atomic mass is 10.2. The molecule has 5 nitrogen and oxygen atoms in total. The Morgan fingerprint density at radius 1 is 1.44 bits per heavy atom. The summed E-state index contributed by atoms with van der Waals surface area (Å²) >= 11 is 1.70. The van der Waals surface area contributed by atoms with Crippen LogP contribution in [-0.4, -0.2) is 19.6 Å². The number of aryl methyl sites for hydroxylation is 1. The Morgan fingerprint density at radius 3 is 3.11 bits per heavy atom. The lowest BCUT2D eigenvalue weighted by Gasteiger charge is -2.14. The molecule has 3 aromatic rings. The molecule has 1 unspecified atom stereocenters. The van der Waals surface area contributed by atoms with Crippen LogP contribution in [0.4, 0.5) is 5.82 Å². The van der Waals surface area contributed by atoms with Crippen molar-refractivity contribution in [1.82, 2.24) is 19.6 Å². The number of nitrogens with one attached hydrogen (secondary N) is 1. The molecule has 0 saturated heterocycles. The van der Waals surface area contributed by atoms with Gasteiger partial charge in [-0.3, -0.25) is 0 Å². The van der Waals surface area contributed by atoms with Gasteiger partial charge in [0.05, 0.1) is 6.04 Å². The van der Waals surface area contributed by atoms with E-state index < -0.39 is 0 Å². The van der Waals surface area contributed by atoms with Crippen molar-refractivity contribution in [3.63, 3.8) is 0 Å². The van der Waals surface area contributed by atoms with Crippen LogP contribution in [-0.2, 0) is 0 Å². The molecule has 0 aliphatic heterocycles. The highest BCUT2D eigenvalue weighted by Crippen LogP contribution is 2.21. The van der Waals surface area contributed by atoms with Crippen molar-refractivity contribution < 1.29 is 0 Å². The predicted molar refractivity (Wildman–Crippen MR) is 71.9 cm³/mol. The summed E-state index contributed by atoms with van der Waals surface area (Å²) in [5.74, 6) is 1.53. The van der Waals surface area contributed by atoms with Crippen molar-refractivity contribution in [2.24, 2.45) is 0 Å². The summed E-state index contributed by atoms with van der Waals surface area (Å²) in [5, 5.41) is 11.8. The lowest BCUT2D eigenvalue weighted by Crippen LogP contribution is -2.10. The van der Waals surface area contributed by atoms with Crippen molar-refractivity contribution in [1.29, 1.82) is 0 Å². The Balaban J connectivity index is 1.97. The van der Waals surface area contributed by atoms with E-state index in [1.807, 2.05) is 13.0 Å². The van der Waals surface area contributed by atoms with Crippen LogP contribution >= 0.6 is 11.3 Å². The zero-order valence-corrected chi connectivity index (χ0v) is 11.0. The molecule has 1 atom stereocenters. The third-order valence-electron chi connectivity index (χ3n) is 2.79. The highest BCUT2D eigenvalue weighted by Gasteiger charge is 2.10. The van der Waals surface area contributed by atoms with Gasteiger partial charge in [-0.1, -0.05) is 0 Å². The third kappa shape index (κ3) is 1.95. The summed E-state index contributed by atoms with van der Waals surface area (Å²) in [5.41, 5.74) is 2.19. The molecule has 18 heavy (non-hydrogen) atoms. The highest BCUT2D eigenvalue weighted by atomic mass is 32.1. The van der Waals surface area contributed by atoms with E-state index in [4.69, 9.17) is 0 Å². The number of aromatic nitrogens is 4. The number of nitrogens with zero attached hydrogens (tertiary/aromatic N) is 4. The molecule has 92 valence electrons. The summed E-state index contributed by atoms with van der Waals surface area (Å²) in [7, 11) is 0. The van der Waals surface area contributed by atoms with Crippen LogP contribution in [0.25, 0.3) is 5.78 Å². The van der Waals surface area contributed by atoms with E-state index in [2.05, 4.69) is 44.1 Å². The molecule has 0 saturated carbocycles. The van der Waals surface area contributed by atoms with Gasteiger partial charge in [0.15, 0.2) is 0 Å². The summed E-state index contributed by atoms with van der Waals surface area (Å²) in [6.07, 6.45) is 1.52. The monoisotopic (exact) mass is 259 g/mol. The number of hydrogen-bond donors (Lipinski definition) is 1. The summed E-state index contributed by atoms with van der Waals surface area (Å²) < 4.78 is 1.72. The van der Waals surface area contributed by atoms with Gasteiger partial charge < -0.3 is 5.32 Å². The van der Waals surface area contributed by atoms with Gasteiger partial charge in [0.1, 0.15) is 12.1 Å². The molecule has 3 heterocycles. The molecule has 0 aliphatic rings. The van der Waals surface area contributed by atoms with Crippen molar-refractivity contribution in [3.05, 3.63) is 40.5 Å². The standard InChI is InChI=1S/C12H13N5S/c1-8-5-11(17-12(15-8)13-7-14-17)16-9(2)10-3-4-18-6-10/h3-7,9,16H,1-2H3. The van der Waals surface area contributed by atoms with Gasteiger partial charge >= 0.3 is 0 Å². The number of hydrogen-bond acceptors (Lipinski definition) is 5. The molecule has 0 aliphatic carbocycles. The zero-order chi connectivity index (χ0) is 12.5. The second kappa shape index (κ2) is 4.38. The molecule has 0 spiro atoms. The average Bonchev–Trinajstić information content (AvgIpc) is 2.98. The second-order valence-electron chi connectivity index (χ2n) is 4.18. The van der Waals surface area contributed by atoms with E-state index in [-0.39, 0.29) is 6.04 Å². The molecular weight excluding hydrogens is 246 g/mol. The first-order valence-electron chi connectivity index (χ1n) is 5.70. The molecule has 3 rings (SSSR count). The molecule has 1 N–H and O–H groups in total. The van der Waals surface area contributed by atoms with Gasteiger partial charge in [0.2, 0.25) is 0 Å². The summed E-state index contributed by atoms with van der Waals surface area (Å²) in [6.45, 7) is 4.08. The van der Waals surface area contributed by atoms with E-state index in [0.29, 0.717) is 5.78 Å². The first-order valence-corrected chi connectivity index (χ1v) is 6.64. The van der Waals surface area contributed by atoms with Crippen molar-refractivity contribution >= 4 is 22.9 Å². The molecule has 3 aromatic heterocycles. The lowest BCUT2D eigenvalue weighted by molar-refractivity contribution is 0.841. The smallest absolute Gasteiger partial charge is 0.254 e. The van der Waals surface area contributed by atoms with Crippen LogP contribution < -0.4 is 5.32 Å². The Labute approximate surface area is 109 Å². The third-order valence-corrected chi connectivity index (χ3v) is 3.49. The van der Waals surface area contributed by atoms with Crippen LogP contribution in [0.5, 0.6) is 0 Å². The van der Waals surface area contributed by atoms with Gasteiger partial charge in [0, 0.05) is 11.8 Å². The largest absolute Gasteiger partial charge is 0.363 e. The van der Waals surface area contributed by atoms with Crippen LogP contribution in [0.1, 0.15) is 24.2 Å². The van der Waals surface area contributed by atoms with Crippen molar-refractivity contribution in [2.75, 3.05) is 5.32 Å². The zero-order valence-electron chi connectivity index (χ0n) is 10.2. The fraction of sp³-hybridized carbons (Fsp3) is 0.250. The summed E-state index contributed by atoms with van der Waals surface area (Å²) in [4.78, 5) is 8.43. The number of thiophene rings is 1. The molecule has 0 radical (unpaired) electrons. The second-order valence-corrected chi connectivity index (χ2v) is 4.96. The molecule has 0 amide bonds. The first kappa shape index (κ1) is 11.2. The van der Waals surface area contributed by atoms with Gasteiger partial charge in [-0.15, -0.1) is 0 Å². The van der Waals surface area contributed by atoms with E-state index >= 15 is 0 Å². The van der Waals surface area contributed by atoms with E-state index in [9.17, 15) is 0 Å². The fourth-order valence-electron chi connectivity index (χ4n) is 1.86. The highest BCUT2D eigenvalue weighted by molar-refractivity contribution is 7.07. The number of fused-ring (bicyclic) bond motifs is 1. The molecule has 0 fully saturated rings.